The molecule has 1 rings (SSSR count). The Balaban J connectivity index is 2.64. The average molecular weight is 322 g/mol. The van der Waals surface area contributed by atoms with Crippen LogP contribution in [0.1, 0.15) is 6.42 Å². The van der Waals surface area contributed by atoms with Gasteiger partial charge >= 0.3 is 5.97 Å². The fraction of sp³-hybridized carbons (Fsp3) is 0.300. The fourth-order valence-corrected chi connectivity index (χ4v) is 2.53. The fourth-order valence-electron chi connectivity index (χ4n) is 1.10. The third-order valence-electron chi connectivity index (χ3n) is 1.90. The Bertz CT molecular complexity index is 501. The number of methoxy groups -OCH3 is 1. The number of benzene rings is 1. The lowest BCUT2D eigenvalue weighted by Crippen LogP contribution is -2.19. The van der Waals surface area contributed by atoms with Gasteiger partial charge in [0.15, 0.2) is 0 Å². The highest BCUT2D eigenvalue weighted by atomic mass is 79.9. The predicted octanol–water partition coefficient (Wildman–Crippen LogP) is 1.75. The standard InChI is InChI=1S/C10H12BrNO4S/c1-16-10(13)5-6-17(14,15)12-9-4-2-3-8(11)7-9/h2-4,7,12H,5-6H2,1H3. The van der Waals surface area contributed by atoms with E-state index in [1.165, 1.54) is 7.11 Å². The zero-order chi connectivity index (χ0) is 12.9. The van der Waals surface area contributed by atoms with E-state index in [1.54, 1.807) is 24.3 Å². The first kappa shape index (κ1) is 14.0. The lowest BCUT2D eigenvalue weighted by molar-refractivity contribution is -0.140. The molecule has 7 heteroatoms. The molecule has 0 heterocycles. The maximum absolute atomic E-state index is 11.6. The van der Waals surface area contributed by atoms with Crippen molar-refractivity contribution in [3.05, 3.63) is 28.7 Å². The molecule has 0 unspecified atom stereocenters. The molecule has 0 aromatic heterocycles. The maximum Gasteiger partial charge on any atom is 0.306 e. The predicted molar refractivity (Wildman–Crippen MR) is 68.2 cm³/mol. The van der Waals surface area contributed by atoms with Crippen molar-refractivity contribution in [1.29, 1.82) is 0 Å². The molecule has 0 saturated heterocycles. The van der Waals surface area contributed by atoms with E-state index in [2.05, 4.69) is 25.4 Å². The van der Waals surface area contributed by atoms with Crippen LogP contribution in [0.3, 0.4) is 0 Å². The summed E-state index contributed by atoms with van der Waals surface area (Å²) in [5, 5.41) is 0. The molecule has 0 bridgehead atoms. The molecule has 0 amide bonds. The highest BCUT2D eigenvalue weighted by Gasteiger charge is 2.13. The number of ether oxygens (including phenoxy) is 1. The van der Waals surface area contributed by atoms with E-state index in [0.29, 0.717) is 5.69 Å². The summed E-state index contributed by atoms with van der Waals surface area (Å²) in [6.45, 7) is 0. The van der Waals surface area contributed by atoms with Crippen LogP contribution < -0.4 is 4.72 Å². The second-order valence-electron chi connectivity index (χ2n) is 3.26. The van der Waals surface area contributed by atoms with Gasteiger partial charge in [-0.25, -0.2) is 8.42 Å². The molecular weight excluding hydrogens is 310 g/mol. The molecule has 1 aromatic carbocycles. The molecule has 0 aliphatic rings. The highest BCUT2D eigenvalue weighted by molar-refractivity contribution is 9.10. The molecule has 0 fully saturated rings. The van der Waals surface area contributed by atoms with E-state index in [4.69, 9.17) is 0 Å². The van der Waals surface area contributed by atoms with Crippen LogP contribution >= 0.6 is 15.9 Å². The summed E-state index contributed by atoms with van der Waals surface area (Å²) < 4.78 is 30.7. The van der Waals surface area contributed by atoms with Gasteiger partial charge in [0, 0.05) is 10.2 Å². The average Bonchev–Trinajstić information content (AvgIpc) is 2.25. The van der Waals surface area contributed by atoms with Gasteiger partial charge in [-0.05, 0) is 18.2 Å². The Labute approximate surface area is 108 Å². The second kappa shape index (κ2) is 6.02. The van der Waals surface area contributed by atoms with Crippen molar-refractivity contribution in [2.45, 2.75) is 6.42 Å². The van der Waals surface area contributed by atoms with Crippen molar-refractivity contribution in [2.24, 2.45) is 0 Å². The number of rotatable bonds is 5. The van der Waals surface area contributed by atoms with Crippen molar-refractivity contribution >= 4 is 37.6 Å². The summed E-state index contributed by atoms with van der Waals surface area (Å²) in [7, 11) is -2.31. The third-order valence-corrected chi connectivity index (χ3v) is 3.68. The summed E-state index contributed by atoms with van der Waals surface area (Å²) in [4.78, 5) is 10.8. The Kier molecular flexibility index (Phi) is 4.95. The van der Waals surface area contributed by atoms with Gasteiger partial charge in [0.25, 0.3) is 0 Å². The molecule has 0 aliphatic heterocycles. The quantitative estimate of drug-likeness (QED) is 0.839. The number of carbonyl (C=O) groups is 1. The smallest absolute Gasteiger partial charge is 0.306 e. The summed E-state index contributed by atoms with van der Waals surface area (Å²) >= 11 is 3.23. The van der Waals surface area contributed by atoms with Gasteiger partial charge in [-0.2, -0.15) is 0 Å². The first-order valence-electron chi connectivity index (χ1n) is 4.76. The number of esters is 1. The zero-order valence-electron chi connectivity index (χ0n) is 9.14. The van der Waals surface area contributed by atoms with Crippen LogP contribution in [0, 0.1) is 0 Å². The van der Waals surface area contributed by atoms with Crippen LogP contribution in [0.2, 0.25) is 0 Å². The molecule has 17 heavy (non-hydrogen) atoms. The molecular formula is C10H12BrNO4S. The maximum atomic E-state index is 11.6. The number of hydrogen-bond acceptors (Lipinski definition) is 4. The number of halogens is 1. The van der Waals surface area contributed by atoms with Gasteiger partial charge in [0.2, 0.25) is 10.0 Å². The van der Waals surface area contributed by atoms with Gasteiger partial charge in [-0.3, -0.25) is 9.52 Å². The Morgan fingerprint density at radius 1 is 1.47 bits per heavy atom. The summed E-state index contributed by atoms with van der Waals surface area (Å²) in [5.74, 6) is -0.851. The van der Waals surface area contributed by atoms with Crippen LogP contribution in [-0.2, 0) is 19.6 Å². The molecule has 1 N–H and O–H groups in total. The van der Waals surface area contributed by atoms with Crippen LogP contribution in [-0.4, -0.2) is 27.2 Å². The van der Waals surface area contributed by atoms with Crippen LogP contribution in [0.25, 0.3) is 0 Å². The van der Waals surface area contributed by atoms with Gasteiger partial charge in [-0.1, -0.05) is 22.0 Å². The topological polar surface area (TPSA) is 72.5 Å². The minimum absolute atomic E-state index is 0.167. The minimum Gasteiger partial charge on any atom is -0.469 e. The largest absolute Gasteiger partial charge is 0.469 e. The monoisotopic (exact) mass is 321 g/mol. The SMILES string of the molecule is COC(=O)CCS(=O)(=O)Nc1cccc(Br)c1. The molecule has 94 valence electrons. The molecule has 5 nitrogen and oxygen atoms in total. The number of sulfonamides is 1. The van der Waals surface area contributed by atoms with Crippen molar-refractivity contribution < 1.29 is 17.9 Å². The van der Waals surface area contributed by atoms with Crippen LogP contribution in [0.4, 0.5) is 5.69 Å². The lowest BCUT2D eigenvalue weighted by atomic mass is 10.3. The van der Waals surface area contributed by atoms with Crippen LogP contribution in [0.15, 0.2) is 28.7 Å². The van der Waals surface area contributed by atoms with E-state index < -0.39 is 16.0 Å². The van der Waals surface area contributed by atoms with Gasteiger partial charge in [-0.15, -0.1) is 0 Å². The summed E-state index contributed by atoms with van der Waals surface area (Å²) in [6.07, 6.45) is -0.167. The molecule has 0 spiro atoms. The first-order valence-corrected chi connectivity index (χ1v) is 7.20. The van der Waals surface area contributed by atoms with Crippen molar-refractivity contribution in [3.63, 3.8) is 0 Å². The van der Waals surface area contributed by atoms with Gasteiger partial charge < -0.3 is 4.74 Å². The number of hydrogen-bond donors (Lipinski definition) is 1. The Hall–Kier alpha value is -1.08. The molecule has 1 aromatic rings. The summed E-state index contributed by atoms with van der Waals surface area (Å²) in [5.41, 5.74) is 0.448. The van der Waals surface area contributed by atoms with Crippen molar-refractivity contribution in [1.82, 2.24) is 0 Å². The number of nitrogens with one attached hydrogen (secondary N) is 1. The van der Waals surface area contributed by atoms with Crippen LogP contribution in [0.5, 0.6) is 0 Å². The Morgan fingerprint density at radius 2 is 2.18 bits per heavy atom. The number of anilines is 1. The van der Waals surface area contributed by atoms with E-state index in [9.17, 15) is 13.2 Å². The van der Waals surface area contributed by atoms with Crippen molar-refractivity contribution in [2.75, 3.05) is 17.6 Å². The van der Waals surface area contributed by atoms with E-state index in [1.807, 2.05) is 0 Å². The second-order valence-corrected chi connectivity index (χ2v) is 6.01. The molecule has 0 radical (unpaired) electrons. The first-order chi connectivity index (χ1) is 7.93. The molecule has 0 atom stereocenters. The van der Waals surface area contributed by atoms with E-state index in [-0.39, 0.29) is 12.2 Å². The molecule has 0 saturated carbocycles. The lowest BCUT2D eigenvalue weighted by Gasteiger charge is -2.07. The van der Waals surface area contributed by atoms with Gasteiger partial charge in [0.05, 0.1) is 19.3 Å². The summed E-state index contributed by atoms with van der Waals surface area (Å²) in [6, 6.07) is 6.75. The minimum atomic E-state index is -3.53. The normalized spacial score (nSPS) is 10.9. The Morgan fingerprint density at radius 3 is 2.76 bits per heavy atom. The molecule has 0 aliphatic carbocycles. The van der Waals surface area contributed by atoms with Crippen molar-refractivity contribution in [3.8, 4) is 0 Å². The zero-order valence-corrected chi connectivity index (χ0v) is 11.5. The van der Waals surface area contributed by atoms with E-state index >= 15 is 0 Å². The van der Waals surface area contributed by atoms with E-state index in [0.717, 1.165) is 4.47 Å². The third kappa shape index (κ3) is 5.18. The number of carbonyl (C=O) groups excluding carboxylic acids is 1. The van der Waals surface area contributed by atoms with Gasteiger partial charge in [0.1, 0.15) is 0 Å². The highest BCUT2D eigenvalue weighted by Crippen LogP contribution is 2.16.